The van der Waals surface area contributed by atoms with Crippen LogP contribution in [0.25, 0.3) is 5.52 Å². The highest BCUT2D eigenvalue weighted by molar-refractivity contribution is 9.10. The van der Waals surface area contributed by atoms with E-state index in [0.717, 1.165) is 16.0 Å². The van der Waals surface area contributed by atoms with E-state index in [1.165, 1.54) is 57.6 Å². The summed E-state index contributed by atoms with van der Waals surface area (Å²) in [4.78, 5) is 9.24. The van der Waals surface area contributed by atoms with Crippen molar-refractivity contribution in [3.8, 4) is 0 Å². The van der Waals surface area contributed by atoms with Crippen molar-refractivity contribution in [3.63, 3.8) is 0 Å². The Bertz CT molecular complexity index is 713. The highest BCUT2D eigenvalue weighted by atomic mass is 79.9. The number of anilines is 1. The fourth-order valence-electron chi connectivity index (χ4n) is 4.26. The fourth-order valence-corrected chi connectivity index (χ4v) is 4.87. The van der Waals surface area contributed by atoms with Crippen molar-refractivity contribution in [2.75, 3.05) is 39.0 Å². The van der Waals surface area contributed by atoms with Crippen LogP contribution >= 0.6 is 15.9 Å². The number of halogens is 1. The molecule has 130 valence electrons. The van der Waals surface area contributed by atoms with Gasteiger partial charge in [-0.05, 0) is 54.7 Å². The summed E-state index contributed by atoms with van der Waals surface area (Å²) in [5.74, 6) is 1.09. The molecule has 4 rings (SSSR count). The average molecular weight is 393 g/mol. The summed E-state index contributed by atoms with van der Waals surface area (Å²) in [5.41, 5.74) is 8.18. The molecule has 0 radical (unpaired) electrons. The second kappa shape index (κ2) is 6.61. The number of rotatable bonds is 2. The van der Waals surface area contributed by atoms with E-state index in [2.05, 4.69) is 48.9 Å². The molecule has 1 saturated heterocycles. The minimum absolute atomic E-state index is 0.536. The van der Waals surface area contributed by atoms with Crippen LogP contribution in [-0.4, -0.2) is 63.7 Å². The molecule has 7 heteroatoms. The monoisotopic (exact) mass is 392 g/mol. The van der Waals surface area contributed by atoms with Crippen molar-refractivity contribution in [2.45, 2.75) is 37.6 Å². The number of likely N-dealkylation sites (N-methyl/N-ethyl adjacent to an activating group) is 1. The predicted octanol–water partition coefficient (Wildman–Crippen LogP) is 2.35. The zero-order valence-corrected chi connectivity index (χ0v) is 15.7. The van der Waals surface area contributed by atoms with Gasteiger partial charge in [-0.25, -0.2) is 9.50 Å². The van der Waals surface area contributed by atoms with E-state index >= 15 is 0 Å². The van der Waals surface area contributed by atoms with Gasteiger partial charge in [-0.1, -0.05) is 0 Å². The summed E-state index contributed by atoms with van der Waals surface area (Å²) < 4.78 is 2.98. The highest BCUT2D eigenvalue weighted by Gasteiger charge is 2.30. The summed E-state index contributed by atoms with van der Waals surface area (Å²) in [7, 11) is 2.22. The number of fused-ring (bicyclic) bond motifs is 1. The van der Waals surface area contributed by atoms with Gasteiger partial charge in [0.15, 0.2) is 5.82 Å². The van der Waals surface area contributed by atoms with E-state index in [4.69, 9.17) is 5.73 Å². The number of piperazine rings is 1. The Morgan fingerprint density at radius 1 is 1.12 bits per heavy atom. The molecular formula is C17H25BrN6. The molecule has 0 amide bonds. The van der Waals surface area contributed by atoms with Crippen molar-refractivity contribution in [1.82, 2.24) is 24.4 Å². The summed E-state index contributed by atoms with van der Waals surface area (Å²) in [6, 6.07) is 2.94. The summed E-state index contributed by atoms with van der Waals surface area (Å²) in [6.07, 6.45) is 6.55. The maximum absolute atomic E-state index is 6.02. The molecule has 24 heavy (non-hydrogen) atoms. The maximum Gasteiger partial charge on any atom is 0.152 e. The first-order valence-corrected chi connectivity index (χ1v) is 9.63. The topological polar surface area (TPSA) is 62.7 Å². The van der Waals surface area contributed by atoms with Gasteiger partial charge in [0.25, 0.3) is 0 Å². The summed E-state index contributed by atoms with van der Waals surface area (Å²) >= 11 is 3.62. The quantitative estimate of drug-likeness (QED) is 0.849. The lowest BCUT2D eigenvalue weighted by atomic mass is 9.83. The van der Waals surface area contributed by atoms with Crippen LogP contribution in [0.5, 0.6) is 0 Å². The minimum atomic E-state index is 0.536. The van der Waals surface area contributed by atoms with Crippen LogP contribution < -0.4 is 5.73 Å². The lowest BCUT2D eigenvalue weighted by molar-refractivity contribution is 0.0874. The predicted molar refractivity (Wildman–Crippen MR) is 99.2 cm³/mol. The van der Waals surface area contributed by atoms with E-state index in [1.807, 2.05) is 4.52 Å². The second-order valence-electron chi connectivity index (χ2n) is 7.17. The van der Waals surface area contributed by atoms with E-state index in [1.54, 1.807) is 6.33 Å². The normalized spacial score (nSPS) is 26.9. The van der Waals surface area contributed by atoms with Crippen molar-refractivity contribution in [3.05, 3.63) is 22.6 Å². The number of aromatic nitrogens is 3. The second-order valence-corrected chi connectivity index (χ2v) is 8.02. The molecule has 6 nitrogen and oxygen atoms in total. The zero-order valence-electron chi connectivity index (χ0n) is 14.2. The van der Waals surface area contributed by atoms with E-state index in [0.29, 0.717) is 11.7 Å². The van der Waals surface area contributed by atoms with E-state index in [-0.39, 0.29) is 0 Å². The highest BCUT2D eigenvalue weighted by Crippen LogP contribution is 2.38. The Labute approximate surface area is 151 Å². The zero-order chi connectivity index (χ0) is 16.7. The molecule has 2 fully saturated rings. The minimum Gasteiger partial charge on any atom is -0.382 e. The molecule has 1 saturated carbocycles. The molecule has 1 aliphatic carbocycles. The van der Waals surface area contributed by atoms with Gasteiger partial charge in [0.05, 0.1) is 0 Å². The van der Waals surface area contributed by atoms with Gasteiger partial charge >= 0.3 is 0 Å². The van der Waals surface area contributed by atoms with Crippen LogP contribution in [0.1, 0.15) is 37.3 Å². The molecule has 2 aliphatic rings. The van der Waals surface area contributed by atoms with Crippen LogP contribution in [0.4, 0.5) is 5.82 Å². The third-order valence-corrected chi connectivity index (χ3v) is 6.34. The molecular weight excluding hydrogens is 368 g/mol. The van der Waals surface area contributed by atoms with Crippen LogP contribution in [-0.2, 0) is 0 Å². The number of nitrogens with zero attached hydrogens (tertiary/aromatic N) is 5. The van der Waals surface area contributed by atoms with Crippen LogP contribution in [0, 0.1) is 0 Å². The van der Waals surface area contributed by atoms with Gasteiger partial charge in [-0.2, -0.15) is 5.10 Å². The molecule has 2 aromatic rings. The number of nitrogens with two attached hydrogens (primary N) is 1. The molecule has 0 bridgehead atoms. The van der Waals surface area contributed by atoms with Gasteiger partial charge in [0.2, 0.25) is 0 Å². The van der Waals surface area contributed by atoms with Crippen LogP contribution in [0.3, 0.4) is 0 Å². The number of hydrogen-bond acceptors (Lipinski definition) is 5. The Morgan fingerprint density at radius 2 is 1.83 bits per heavy atom. The molecule has 0 aromatic carbocycles. The molecule has 3 heterocycles. The third kappa shape index (κ3) is 2.93. The van der Waals surface area contributed by atoms with Crippen molar-refractivity contribution < 1.29 is 0 Å². The van der Waals surface area contributed by atoms with Gasteiger partial charge in [0.1, 0.15) is 11.8 Å². The summed E-state index contributed by atoms with van der Waals surface area (Å²) in [6.45, 7) is 4.84. The van der Waals surface area contributed by atoms with Crippen molar-refractivity contribution in [1.29, 1.82) is 0 Å². The molecule has 2 N–H and O–H groups in total. The lowest BCUT2D eigenvalue weighted by Crippen LogP contribution is -2.49. The van der Waals surface area contributed by atoms with E-state index in [9.17, 15) is 0 Å². The molecule has 0 unspecified atom stereocenters. The van der Waals surface area contributed by atoms with Crippen LogP contribution in [0.15, 0.2) is 16.9 Å². The van der Waals surface area contributed by atoms with E-state index < -0.39 is 0 Å². The van der Waals surface area contributed by atoms with Crippen molar-refractivity contribution >= 4 is 27.3 Å². The standard InChI is InChI=1S/C17H25BrN6/c1-22-6-8-23(9-7-22)13-4-2-12(3-5-13)15-10-14(18)16-17(19)20-11-21-24(15)16/h10-13H,2-9H2,1H3,(H2,19,20,21)/t12-,13-. The largest absolute Gasteiger partial charge is 0.382 e. The SMILES string of the molecule is CN1CCN([C@H]2CC[C@H](c3cc(Br)c4c(N)ncnn43)CC2)CC1. The lowest BCUT2D eigenvalue weighted by Gasteiger charge is -2.41. The Kier molecular flexibility index (Phi) is 4.49. The smallest absolute Gasteiger partial charge is 0.152 e. The Morgan fingerprint density at radius 3 is 2.54 bits per heavy atom. The molecule has 1 aliphatic heterocycles. The Hall–Kier alpha value is -1.18. The first-order chi connectivity index (χ1) is 11.6. The molecule has 0 spiro atoms. The fraction of sp³-hybridized carbons (Fsp3) is 0.647. The molecule has 0 atom stereocenters. The van der Waals surface area contributed by atoms with Gasteiger partial charge in [-0.3, -0.25) is 4.90 Å². The van der Waals surface area contributed by atoms with Gasteiger partial charge in [0, 0.05) is 48.3 Å². The average Bonchev–Trinajstić information content (AvgIpc) is 2.94. The molecule has 2 aromatic heterocycles. The Balaban J connectivity index is 1.47. The maximum atomic E-state index is 6.02. The van der Waals surface area contributed by atoms with Crippen molar-refractivity contribution in [2.24, 2.45) is 0 Å². The number of hydrogen-bond donors (Lipinski definition) is 1. The number of nitrogen functional groups attached to an aromatic ring is 1. The first kappa shape index (κ1) is 16.3. The van der Waals surface area contributed by atoms with Crippen LogP contribution in [0.2, 0.25) is 0 Å². The first-order valence-electron chi connectivity index (χ1n) is 8.83. The summed E-state index contributed by atoms with van der Waals surface area (Å²) in [5, 5.41) is 4.43. The third-order valence-electron chi connectivity index (χ3n) is 5.73. The van der Waals surface area contributed by atoms with Gasteiger partial charge < -0.3 is 10.6 Å². The van der Waals surface area contributed by atoms with Gasteiger partial charge in [-0.15, -0.1) is 0 Å².